The summed E-state index contributed by atoms with van der Waals surface area (Å²) in [5, 5.41) is 0. The molecular weight excluding hydrogens is 174 g/mol. The fourth-order valence-electron chi connectivity index (χ4n) is 0.912. The molecule has 0 amide bonds. The van der Waals surface area contributed by atoms with E-state index >= 15 is 0 Å². The van der Waals surface area contributed by atoms with E-state index in [0.717, 1.165) is 11.3 Å². The Kier molecular flexibility index (Phi) is 1.89. The van der Waals surface area contributed by atoms with Crippen molar-refractivity contribution in [2.24, 2.45) is 0 Å². The highest BCUT2D eigenvalue weighted by Crippen LogP contribution is 2.19. The summed E-state index contributed by atoms with van der Waals surface area (Å²) in [6.45, 7) is 0. The maximum atomic E-state index is 5.17. The van der Waals surface area contributed by atoms with Crippen molar-refractivity contribution in [3.63, 3.8) is 0 Å². The number of nitrogens with zero attached hydrogens (tertiary/aromatic N) is 2. The van der Waals surface area contributed by atoms with Gasteiger partial charge in [0.1, 0.15) is 0 Å². The molecule has 0 bridgehead atoms. The molecule has 0 saturated carbocycles. The number of hydrazine groups is 1. The molecule has 0 spiro atoms. The summed E-state index contributed by atoms with van der Waals surface area (Å²) in [4.78, 5) is 9.07. The Labute approximate surface area is 75.3 Å². The van der Waals surface area contributed by atoms with Gasteiger partial charge in [-0.25, -0.2) is 0 Å². The summed E-state index contributed by atoms with van der Waals surface area (Å²) < 4.78 is 1.23. The second kappa shape index (κ2) is 3.04. The zero-order chi connectivity index (χ0) is 8.39. The highest BCUT2D eigenvalue weighted by molar-refractivity contribution is 7.77. The lowest BCUT2D eigenvalue weighted by molar-refractivity contribution is 0.0102. The van der Waals surface area contributed by atoms with E-state index in [1.165, 1.54) is 4.58 Å². The van der Waals surface area contributed by atoms with Gasteiger partial charge in [0.05, 0.1) is 6.20 Å². The van der Waals surface area contributed by atoms with Gasteiger partial charge in [0.25, 0.3) is 0 Å². The molecule has 0 atom stereocenters. The Morgan fingerprint density at radius 1 is 1.42 bits per heavy atom. The zero-order valence-electron chi connectivity index (χ0n) is 6.14. The van der Waals surface area contributed by atoms with E-state index in [2.05, 4.69) is 23.2 Å². The first-order chi connectivity index (χ1) is 5.86. The maximum absolute atomic E-state index is 5.17. The average molecular weight is 181 g/mol. The van der Waals surface area contributed by atoms with E-state index in [9.17, 15) is 0 Å². The van der Waals surface area contributed by atoms with Crippen LogP contribution in [0.15, 0.2) is 30.7 Å². The Morgan fingerprint density at radius 2 is 2.17 bits per heavy atom. The van der Waals surface area contributed by atoms with Crippen LogP contribution in [-0.4, -0.2) is 9.56 Å². The van der Waals surface area contributed by atoms with Gasteiger partial charge in [-0.15, -0.1) is 0 Å². The number of pyridine rings is 1. The predicted molar refractivity (Wildman–Crippen MR) is 47.3 cm³/mol. The third-order valence-corrected chi connectivity index (χ3v) is 1.65. The van der Waals surface area contributed by atoms with E-state index in [1.54, 1.807) is 18.6 Å². The predicted octanol–water partition coefficient (Wildman–Crippen LogP) is 0.977. The number of aromatic nitrogens is 1. The first-order valence-corrected chi connectivity index (χ1v) is 3.80. The van der Waals surface area contributed by atoms with E-state index in [1.807, 2.05) is 12.1 Å². The van der Waals surface area contributed by atoms with Crippen molar-refractivity contribution >= 4 is 18.6 Å². The van der Waals surface area contributed by atoms with Crippen LogP contribution in [0.5, 0.6) is 0 Å². The Balaban J connectivity index is 2.22. The van der Waals surface area contributed by atoms with Crippen LogP contribution in [0.2, 0.25) is 0 Å². The van der Waals surface area contributed by atoms with E-state index in [4.69, 9.17) is 4.84 Å². The lowest BCUT2D eigenvalue weighted by Crippen LogP contribution is -2.16. The molecule has 0 aliphatic carbocycles. The van der Waals surface area contributed by atoms with E-state index < -0.39 is 0 Å². The first kappa shape index (κ1) is 7.45. The summed E-state index contributed by atoms with van der Waals surface area (Å²) >= 11 is 3.93. The largest absolute Gasteiger partial charge is 0.373 e. The van der Waals surface area contributed by atoms with Crippen molar-refractivity contribution in [3.05, 3.63) is 36.3 Å². The monoisotopic (exact) mass is 181 g/mol. The first-order valence-electron chi connectivity index (χ1n) is 3.40. The molecule has 0 fully saturated rings. The third-order valence-electron chi connectivity index (χ3n) is 1.46. The van der Waals surface area contributed by atoms with Crippen molar-refractivity contribution in [1.29, 1.82) is 0 Å². The Bertz CT molecular complexity index is 301. The topological polar surface area (TPSA) is 37.4 Å². The molecule has 1 aliphatic rings. The number of hydrogen-bond acceptors (Lipinski definition) is 5. The minimum absolute atomic E-state index is 0.729. The average Bonchev–Trinajstić information content (AvgIpc) is 2.54. The Morgan fingerprint density at radius 3 is 2.75 bits per heavy atom. The number of thiol groups is 1. The molecular formula is C7H7N3OS. The Hall–Kier alpha value is -1.20. The van der Waals surface area contributed by atoms with Crippen LogP contribution in [0.25, 0.3) is 5.76 Å². The van der Waals surface area contributed by atoms with Crippen LogP contribution in [0, 0.1) is 0 Å². The van der Waals surface area contributed by atoms with Crippen LogP contribution < -0.4 is 5.43 Å². The van der Waals surface area contributed by atoms with Crippen LogP contribution in [0.1, 0.15) is 5.56 Å². The summed E-state index contributed by atoms with van der Waals surface area (Å²) in [6, 6.07) is 3.72. The highest BCUT2D eigenvalue weighted by atomic mass is 32.1. The lowest BCUT2D eigenvalue weighted by Gasteiger charge is -2.06. The molecule has 12 heavy (non-hydrogen) atoms. The van der Waals surface area contributed by atoms with Crippen LogP contribution in [0.3, 0.4) is 0 Å². The number of rotatable bonds is 1. The van der Waals surface area contributed by atoms with Gasteiger partial charge in [-0.3, -0.25) is 10.4 Å². The number of hydrogen-bond donors (Lipinski definition) is 2. The normalized spacial score (nSPS) is 16.6. The van der Waals surface area contributed by atoms with Gasteiger partial charge < -0.3 is 4.84 Å². The van der Waals surface area contributed by atoms with Crippen LogP contribution in [-0.2, 0) is 4.84 Å². The SMILES string of the molecule is SN1NC=C(c2ccncc2)O1. The summed E-state index contributed by atoms with van der Waals surface area (Å²) in [5.74, 6) is 0.729. The minimum Gasteiger partial charge on any atom is -0.373 e. The molecule has 1 aromatic rings. The second-order valence-electron chi connectivity index (χ2n) is 2.24. The zero-order valence-corrected chi connectivity index (χ0v) is 7.03. The van der Waals surface area contributed by atoms with Crippen molar-refractivity contribution in [2.75, 3.05) is 0 Å². The fraction of sp³-hybridized carbons (Fsp3) is 0. The summed E-state index contributed by atoms with van der Waals surface area (Å²) in [5.41, 5.74) is 3.73. The molecule has 0 saturated heterocycles. The fourth-order valence-corrected chi connectivity index (χ4v) is 1.06. The lowest BCUT2D eigenvalue weighted by atomic mass is 10.2. The highest BCUT2D eigenvalue weighted by Gasteiger charge is 2.12. The third kappa shape index (κ3) is 1.37. The van der Waals surface area contributed by atoms with Crippen molar-refractivity contribution in [3.8, 4) is 0 Å². The minimum atomic E-state index is 0.729. The molecule has 1 aliphatic heterocycles. The van der Waals surface area contributed by atoms with Gasteiger partial charge >= 0.3 is 0 Å². The van der Waals surface area contributed by atoms with E-state index in [-0.39, 0.29) is 0 Å². The molecule has 0 radical (unpaired) electrons. The van der Waals surface area contributed by atoms with Gasteiger partial charge in [0.2, 0.25) is 0 Å². The quantitative estimate of drug-likeness (QED) is 0.633. The molecule has 0 unspecified atom stereocenters. The van der Waals surface area contributed by atoms with Crippen molar-refractivity contribution in [1.82, 2.24) is 15.0 Å². The maximum Gasteiger partial charge on any atom is 0.175 e. The van der Waals surface area contributed by atoms with E-state index in [0.29, 0.717) is 0 Å². The van der Waals surface area contributed by atoms with Gasteiger partial charge in [0.15, 0.2) is 5.76 Å². The van der Waals surface area contributed by atoms with Crippen molar-refractivity contribution < 1.29 is 4.84 Å². The van der Waals surface area contributed by atoms with Gasteiger partial charge in [-0.1, -0.05) is 0 Å². The molecule has 2 heterocycles. The van der Waals surface area contributed by atoms with Gasteiger partial charge in [0, 0.05) is 22.5 Å². The van der Waals surface area contributed by atoms with Gasteiger partial charge in [-0.05, 0) is 24.9 Å². The molecule has 1 aromatic heterocycles. The molecule has 1 N–H and O–H groups in total. The molecule has 4 nitrogen and oxygen atoms in total. The summed E-state index contributed by atoms with van der Waals surface area (Å²) in [7, 11) is 0. The molecule has 2 rings (SSSR count). The van der Waals surface area contributed by atoms with Gasteiger partial charge in [-0.2, -0.15) is 0 Å². The number of nitrogens with one attached hydrogen (secondary N) is 1. The molecule has 0 aromatic carbocycles. The van der Waals surface area contributed by atoms with Crippen LogP contribution >= 0.6 is 12.8 Å². The van der Waals surface area contributed by atoms with Crippen molar-refractivity contribution in [2.45, 2.75) is 0 Å². The standard InChI is InChI=1S/C7H7N3OS/c12-10-9-5-7(11-10)6-1-3-8-4-2-6/h1-5,9,12H. The molecule has 5 heteroatoms. The van der Waals surface area contributed by atoms with Crippen LogP contribution in [0.4, 0.5) is 0 Å². The smallest absolute Gasteiger partial charge is 0.175 e. The molecule has 62 valence electrons. The summed E-state index contributed by atoms with van der Waals surface area (Å²) in [6.07, 6.45) is 5.14. The second-order valence-corrected chi connectivity index (χ2v) is 2.60.